The summed E-state index contributed by atoms with van der Waals surface area (Å²) >= 11 is 0. The van der Waals surface area contributed by atoms with Crippen LogP contribution in [0.1, 0.15) is 31.4 Å². The van der Waals surface area contributed by atoms with E-state index in [4.69, 9.17) is 9.47 Å². The van der Waals surface area contributed by atoms with E-state index in [2.05, 4.69) is 16.7 Å². The van der Waals surface area contributed by atoms with Crippen molar-refractivity contribution >= 4 is 5.91 Å². The summed E-state index contributed by atoms with van der Waals surface area (Å²) in [6.07, 6.45) is 2.02. The fraction of sp³-hybridized carbons (Fsp3) is 0.650. The van der Waals surface area contributed by atoms with Crippen LogP contribution in [0.3, 0.4) is 0 Å². The second-order valence-corrected chi connectivity index (χ2v) is 7.06. The summed E-state index contributed by atoms with van der Waals surface area (Å²) in [6.45, 7) is 8.69. The zero-order valence-corrected chi connectivity index (χ0v) is 16.2. The van der Waals surface area contributed by atoms with Crippen LogP contribution in [0.15, 0.2) is 18.2 Å². The number of methoxy groups -OCH3 is 2. The Morgan fingerprint density at radius 2 is 1.81 bits per heavy atom. The molecule has 2 saturated heterocycles. The lowest BCUT2D eigenvalue weighted by atomic mass is 10.0. The number of rotatable bonds is 6. The number of hydrogen-bond acceptors (Lipinski definition) is 5. The number of amides is 1. The van der Waals surface area contributed by atoms with Crippen LogP contribution < -0.4 is 9.47 Å². The van der Waals surface area contributed by atoms with Crippen LogP contribution in [0.25, 0.3) is 0 Å². The van der Waals surface area contributed by atoms with Gasteiger partial charge in [-0.3, -0.25) is 9.69 Å². The average Bonchev–Trinajstić information content (AvgIpc) is 3.17. The van der Waals surface area contributed by atoms with E-state index in [0.717, 1.165) is 69.2 Å². The van der Waals surface area contributed by atoms with Crippen LogP contribution in [0.5, 0.6) is 11.5 Å². The van der Waals surface area contributed by atoms with Gasteiger partial charge in [0.15, 0.2) is 0 Å². The number of carbonyl (C=O) groups excluding carboxylic acids is 1. The van der Waals surface area contributed by atoms with Gasteiger partial charge >= 0.3 is 0 Å². The molecule has 6 nitrogen and oxygen atoms in total. The molecule has 3 rings (SSSR count). The second kappa shape index (κ2) is 8.73. The highest BCUT2D eigenvalue weighted by Gasteiger charge is 2.33. The van der Waals surface area contributed by atoms with Crippen LogP contribution in [-0.2, 0) is 4.79 Å². The van der Waals surface area contributed by atoms with Gasteiger partial charge in [0.25, 0.3) is 0 Å². The fourth-order valence-electron chi connectivity index (χ4n) is 4.03. The smallest absolute Gasteiger partial charge is 0.237 e. The molecule has 0 saturated carbocycles. The molecule has 144 valence electrons. The van der Waals surface area contributed by atoms with E-state index in [-0.39, 0.29) is 11.9 Å². The lowest BCUT2D eigenvalue weighted by Crippen LogP contribution is -2.49. The van der Waals surface area contributed by atoms with Crippen molar-refractivity contribution in [1.29, 1.82) is 0 Å². The molecule has 2 aliphatic heterocycles. The van der Waals surface area contributed by atoms with Crippen LogP contribution in [-0.4, -0.2) is 80.6 Å². The zero-order valence-electron chi connectivity index (χ0n) is 16.2. The third kappa shape index (κ3) is 4.13. The Hall–Kier alpha value is -1.79. The van der Waals surface area contributed by atoms with Crippen molar-refractivity contribution in [3.63, 3.8) is 0 Å². The largest absolute Gasteiger partial charge is 0.497 e. The molecule has 2 aliphatic rings. The second-order valence-electron chi connectivity index (χ2n) is 7.06. The van der Waals surface area contributed by atoms with Gasteiger partial charge in [-0.1, -0.05) is 6.92 Å². The Labute approximate surface area is 156 Å². The van der Waals surface area contributed by atoms with Gasteiger partial charge in [-0.25, -0.2) is 0 Å². The maximum atomic E-state index is 13.0. The molecule has 1 aromatic rings. The lowest BCUT2D eigenvalue weighted by molar-refractivity contribution is -0.133. The maximum absolute atomic E-state index is 13.0. The van der Waals surface area contributed by atoms with E-state index < -0.39 is 0 Å². The number of piperazine rings is 1. The molecule has 26 heavy (non-hydrogen) atoms. The molecular formula is C20H31N3O3. The molecule has 0 radical (unpaired) electrons. The number of hydrogen-bond donors (Lipinski definition) is 0. The SMILES string of the molecule is CCN1CCN(CC(=O)N2CCCC2c2ccc(OC)cc2OC)CC1. The van der Waals surface area contributed by atoms with Crippen LogP contribution in [0.4, 0.5) is 0 Å². The van der Waals surface area contributed by atoms with Gasteiger partial charge in [-0.05, 0) is 31.5 Å². The molecule has 1 atom stereocenters. The molecule has 1 aromatic carbocycles. The summed E-state index contributed by atoms with van der Waals surface area (Å²) in [5, 5.41) is 0. The van der Waals surface area contributed by atoms with Gasteiger partial charge in [0.05, 0.1) is 26.8 Å². The summed E-state index contributed by atoms with van der Waals surface area (Å²) in [5.41, 5.74) is 1.08. The number of likely N-dealkylation sites (N-methyl/N-ethyl adjacent to an activating group) is 1. The van der Waals surface area contributed by atoms with Crippen molar-refractivity contribution in [1.82, 2.24) is 14.7 Å². The number of ether oxygens (including phenoxy) is 2. The third-order valence-electron chi connectivity index (χ3n) is 5.64. The van der Waals surface area contributed by atoms with Gasteiger partial charge in [-0.15, -0.1) is 0 Å². The molecule has 6 heteroatoms. The summed E-state index contributed by atoms with van der Waals surface area (Å²) in [4.78, 5) is 19.7. The van der Waals surface area contributed by atoms with Crippen LogP contribution >= 0.6 is 0 Å². The fourth-order valence-corrected chi connectivity index (χ4v) is 4.03. The summed E-state index contributed by atoms with van der Waals surface area (Å²) in [5.74, 6) is 1.80. The van der Waals surface area contributed by atoms with Gasteiger partial charge in [0.1, 0.15) is 11.5 Å². The average molecular weight is 361 g/mol. The van der Waals surface area contributed by atoms with Crippen molar-refractivity contribution in [3.8, 4) is 11.5 Å². The van der Waals surface area contributed by atoms with Gasteiger partial charge in [0.2, 0.25) is 5.91 Å². The molecule has 2 heterocycles. The summed E-state index contributed by atoms with van der Waals surface area (Å²) < 4.78 is 10.9. The number of likely N-dealkylation sites (tertiary alicyclic amines) is 1. The number of benzene rings is 1. The molecule has 0 N–H and O–H groups in total. The molecular weight excluding hydrogens is 330 g/mol. The Morgan fingerprint density at radius 1 is 1.08 bits per heavy atom. The van der Waals surface area contributed by atoms with Crippen molar-refractivity contribution in [2.75, 3.05) is 60.0 Å². The first-order chi connectivity index (χ1) is 12.7. The molecule has 1 amide bonds. The molecule has 0 aliphatic carbocycles. The zero-order chi connectivity index (χ0) is 18.5. The van der Waals surface area contributed by atoms with Crippen LogP contribution in [0.2, 0.25) is 0 Å². The van der Waals surface area contributed by atoms with Gasteiger partial charge in [-0.2, -0.15) is 0 Å². The van der Waals surface area contributed by atoms with E-state index in [1.54, 1.807) is 14.2 Å². The van der Waals surface area contributed by atoms with Crippen molar-refractivity contribution in [2.24, 2.45) is 0 Å². The quantitative estimate of drug-likeness (QED) is 0.776. The summed E-state index contributed by atoms with van der Waals surface area (Å²) in [6, 6.07) is 5.98. The first kappa shape index (κ1) is 19.0. The Balaban J connectivity index is 1.67. The Bertz CT molecular complexity index is 614. The van der Waals surface area contributed by atoms with E-state index in [1.165, 1.54) is 0 Å². The van der Waals surface area contributed by atoms with Crippen molar-refractivity contribution < 1.29 is 14.3 Å². The lowest BCUT2D eigenvalue weighted by Gasteiger charge is -2.35. The van der Waals surface area contributed by atoms with E-state index >= 15 is 0 Å². The molecule has 0 bridgehead atoms. The predicted molar refractivity (Wildman–Crippen MR) is 102 cm³/mol. The molecule has 0 spiro atoms. The van der Waals surface area contributed by atoms with E-state index in [1.807, 2.05) is 23.1 Å². The van der Waals surface area contributed by atoms with Gasteiger partial charge in [0, 0.05) is 44.4 Å². The Morgan fingerprint density at radius 3 is 2.46 bits per heavy atom. The highest BCUT2D eigenvalue weighted by Crippen LogP contribution is 2.38. The van der Waals surface area contributed by atoms with Gasteiger partial charge < -0.3 is 19.3 Å². The van der Waals surface area contributed by atoms with E-state index in [9.17, 15) is 4.79 Å². The van der Waals surface area contributed by atoms with Crippen LogP contribution in [0, 0.1) is 0 Å². The topological polar surface area (TPSA) is 45.2 Å². The predicted octanol–water partition coefficient (Wildman–Crippen LogP) is 2.00. The highest BCUT2D eigenvalue weighted by molar-refractivity contribution is 5.79. The van der Waals surface area contributed by atoms with E-state index in [0.29, 0.717) is 6.54 Å². The Kier molecular flexibility index (Phi) is 6.38. The summed E-state index contributed by atoms with van der Waals surface area (Å²) in [7, 11) is 3.32. The maximum Gasteiger partial charge on any atom is 0.237 e. The molecule has 0 aromatic heterocycles. The standard InChI is InChI=1S/C20H31N3O3/c1-4-21-10-12-22(13-11-21)15-20(24)23-9-5-6-18(23)17-8-7-16(25-2)14-19(17)26-3/h7-8,14,18H,4-6,9-13,15H2,1-3H3. The molecule has 2 fully saturated rings. The highest BCUT2D eigenvalue weighted by atomic mass is 16.5. The number of carbonyl (C=O) groups is 1. The normalized spacial score (nSPS) is 21.8. The minimum atomic E-state index is 0.0975. The first-order valence-electron chi connectivity index (χ1n) is 9.62. The van der Waals surface area contributed by atoms with Crippen molar-refractivity contribution in [2.45, 2.75) is 25.8 Å². The third-order valence-corrected chi connectivity index (χ3v) is 5.64. The van der Waals surface area contributed by atoms with Crippen molar-refractivity contribution in [3.05, 3.63) is 23.8 Å². The first-order valence-corrected chi connectivity index (χ1v) is 9.62. The minimum Gasteiger partial charge on any atom is -0.497 e. The monoisotopic (exact) mass is 361 g/mol. The minimum absolute atomic E-state index is 0.0975. The number of nitrogens with zero attached hydrogens (tertiary/aromatic N) is 3. The molecule has 1 unspecified atom stereocenters.